The van der Waals surface area contributed by atoms with Crippen LogP contribution in [0, 0.1) is 0 Å². The molecule has 0 amide bonds. The Morgan fingerprint density at radius 1 is 1.50 bits per heavy atom. The number of carbonyl (C=O) groups excluding carboxylic acids is 1. The van der Waals surface area contributed by atoms with Crippen molar-refractivity contribution in [1.82, 2.24) is 4.98 Å². The summed E-state index contributed by atoms with van der Waals surface area (Å²) >= 11 is 0. The van der Waals surface area contributed by atoms with Gasteiger partial charge in [-0.15, -0.1) is 0 Å². The van der Waals surface area contributed by atoms with Crippen LogP contribution in [0.4, 0.5) is 5.69 Å². The van der Waals surface area contributed by atoms with E-state index < -0.39 is 33.4 Å². The van der Waals surface area contributed by atoms with Gasteiger partial charge in [-0.3, -0.25) is 9.52 Å². The number of carboxylic acid groups (broad SMARTS) is 1. The molecule has 0 radical (unpaired) electrons. The molecule has 8 nitrogen and oxygen atoms in total. The number of pyridine rings is 1. The van der Waals surface area contributed by atoms with Gasteiger partial charge in [-0.2, -0.15) is 0 Å². The van der Waals surface area contributed by atoms with Crippen LogP contribution in [0.25, 0.3) is 0 Å². The van der Waals surface area contributed by atoms with E-state index in [1.165, 1.54) is 18.3 Å². The maximum absolute atomic E-state index is 11.5. The summed E-state index contributed by atoms with van der Waals surface area (Å²) in [6.45, 7) is 0. The third-order valence-electron chi connectivity index (χ3n) is 1.81. The number of methoxy groups -OCH3 is 1. The van der Waals surface area contributed by atoms with Crippen molar-refractivity contribution in [2.45, 2.75) is 0 Å². The lowest BCUT2D eigenvalue weighted by Gasteiger charge is -2.08. The van der Waals surface area contributed by atoms with E-state index in [9.17, 15) is 18.0 Å². The molecule has 18 heavy (non-hydrogen) atoms. The van der Waals surface area contributed by atoms with Gasteiger partial charge in [0.15, 0.2) is 11.4 Å². The van der Waals surface area contributed by atoms with Crippen LogP contribution in [-0.2, 0) is 19.6 Å². The molecule has 0 aliphatic heterocycles. The molecule has 1 aromatic heterocycles. The van der Waals surface area contributed by atoms with Crippen molar-refractivity contribution in [3.63, 3.8) is 0 Å². The number of aromatic carboxylic acids is 1. The monoisotopic (exact) mass is 274 g/mol. The number of nitrogens with one attached hydrogen (secondary N) is 1. The van der Waals surface area contributed by atoms with Gasteiger partial charge >= 0.3 is 11.9 Å². The highest BCUT2D eigenvalue weighted by Crippen LogP contribution is 2.14. The smallest absolute Gasteiger partial charge is 0.356 e. The third-order valence-corrected chi connectivity index (χ3v) is 2.96. The van der Waals surface area contributed by atoms with E-state index >= 15 is 0 Å². The number of carbonyl (C=O) groups is 2. The molecule has 1 aromatic rings. The first-order valence-corrected chi connectivity index (χ1v) is 6.26. The van der Waals surface area contributed by atoms with Crippen LogP contribution in [0.2, 0.25) is 0 Å². The number of aromatic nitrogens is 1. The molecule has 0 aromatic carbocycles. The molecule has 0 unspecified atom stereocenters. The highest BCUT2D eigenvalue weighted by molar-refractivity contribution is 7.93. The second kappa shape index (κ2) is 5.45. The second-order valence-electron chi connectivity index (χ2n) is 3.14. The number of hydrogen-bond acceptors (Lipinski definition) is 6. The Morgan fingerprint density at radius 2 is 2.17 bits per heavy atom. The highest BCUT2D eigenvalue weighted by Gasteiger charge is 2.20. The SMILES string of the molecule is COC(=O)CS(=O)(=O)Nc1cccnc1C(=O)O. The van der Waals surface area contributed by atoms with Crippen molar-refractivity contribution in [1.29, 1.82) is 0 Å². The molecule has 2 N–H and O–H groups in total. The number of sulfonamides is 1. The van der Waals surface area contributed by atoms with Crippen LogP contribution in [0.15, 0.2) is 18.3 Å². The van der Waals surface area contributed by atoms with Crippen LogP contribution in [0.3, 0.4) is 0 Å². The first-order chi connectivity index (χ1) is 8.35. The van der Waals surface area contributed by atoms with E-state index in [1.807, 2.05) is 4.72 Å². The zero-order chi connectivity index (χ0) is 13.8. The molecule has 1 heterocycles. The summed E-state index contributed by atoms with van der Waals surface area (Å²) in [6, 6.07) is 2.59. The second-order valence-corrected chi connectivity index (χ2v) is 4.86. The lowest BCUT2D eigenvalue weighted by atomic mass is 10.3. The van der Waals surface area contributed by atoms with Crippen molar-refractivity contribution in [2.75, 3.05) is 17.6 Å². The lowest BCUT2D eigenvalue weighted by Crippen LogP contribution is -2.24. The maximum atomic E-state index is 11.5. The largest absolute Gasteiger partial charge is 0.476 e. The average Bonchev–Trinajstić information content (AvgIpc) is 2.28. The number of esters is 1. The first kappa shape index (κ1) is 13.9. The molecular formula is C9H10N2O6S. The van der Waals surface area contributed by atoms with Crippen molar-refractivity contribution in [3.8, 4) is 0 Å². The Balaban J connectivity index is 2.98. The van der Waals surface area contributed by atoms with Crippen molar-refractivity contribution < 1.29 is 27.9 Å². The molecular weight excluding hydrogens is 264 g/mol. The minimum Gasteiger partial charge on any atom is -0.476 e. The summed E-state index contributed by atoms with van der Waals surface area (Å²) in [5.74, 6) is -3.24. The Hall–Kier alpha value is -2.16. The molecule has 98 valence electrons. The Bertz CT molecular complexity index is 568. The standard InChI is InChI=1S/C9H10N2O6S/c1-17-7(12)5-18(15,16)11-6-3-2-4-10-8(6)9(13)14/h2-4,11H,5H2,1H3,(H,13,14). The fourth-order valence-corrected chi connectivity index (χ4v) is 2.08. The fourth-order valence-electron chi connectivity index (χ4n) is 1.08. The molecule has 0 atom stereocenters. The van der Waals surface area contributed by atoms with Gasteiger partial charge in [0, 0.05) is 6.20 Å². The van der Waals surface area contributed by atoms with Gasteiger partial charge in [-0.05, 0) is 12.1 Å². The number of anilines is 1. The maximum Gasteiger partial charge on any atom is 0.356 e. The summed E-state index contributed by atoms with van der Waals surface area (Å²) < 4.78 is 29.2. The topological polar surface area (TPSA) is 123 Å². The molecule has 0 fully saturated rings. The van der Waals surface area contributed by atoms with Gasteiger partial charge < -0.3 is 9.84 Å². The van der Waals surface area contributed by atoms with Crippen molar-refractivity contribution in [2.24, 2.45) is 0 Å². The van der Waals surface area contributed by atoms with Crippen LogP contribution in [-0.4, -0.2) is 43.3 Å². The average molecular weight is 274 g/mol. The minimum atomic E-state index is -4.03. The summed E-state index contributed by atoms with van der Waals surface area (Å²) in [5.41, 5.74) is -0.667. The third kappa shape index (κ3) is 3.70. The number of nitrogens with zero attached hydrogens (tertiary/aromatic N) is 1. The summed E-state index contributed by atoms with van der Waals surface area (Å²) in [5, 5.41) is 8.80. The molecule has 9 heteroatoms. The van der Waals surface area contributed by atoms with Gasteiger partial charge in [-0.1, -0.05) is 0 Å². The van der Waals surface area contributed by atoms with E-state index in [0.29, 0.717) is 0 Å². The molecule has 0 saturated carbocycles. The molecule has 0 aliphatic rings. The van der Waals surface area contributed by atoms with Crippen LogP contribution in [0.5, 0.6) is 0 Å². The quantitative estimate of drug-likeness (QED) is 0.706. The van der Waals surface area contributed by atoms with Gasteiger partial charge in [0.1, 0.15) is 0 Å². The predicted octanol–water partition coefficient (Wildman–Crippen LogP) is -0.306. The minimum absolute atomic E-state index is 0.214. The molecule has 0 saturated heterocycles. The summed E-state index contributed by atoms with van der Waals surface area (Å²) in [7, 11) is -2.98. The van der Waals surface area contributed by atoms with Crippen molar-refractivity contribution in [3.05, 3.63) is 24.0 Å². The van der Waals surface area contributed by atoms with Crippen molar-refractivity contribution >= 4 is 27.6 Å². The first-order valence-electron chi connectivity index (χ1n) is 4.61. The zero-order valence-corrected chi connectivity index (χ0v) is 10.1. The molecule has 0 aliphatic carbocycles. The van der Waals surface area contributed by atoms with E-state index in [0.717, 1.165) is 7.11 Å². The van der Waals surface area contributed by atoms with Crippen LogP contribution >= 0.6 is 0 Å². The lowest BCUT2D eigenvalue weighted by molar-refractivity contribution is -0.137. The number of hydrogen-bond donors (Lipinski definition) is 2. The van der Waals surface area contributed by atoms with Gasteiger partial charge in [0.25, 0.3) is 0 Å². The van der Waals surface area contributed by atoms with Crippen LogP contribution in [0.1, 0.15) is 10.5 Å². The molecule has 1 rings (SSSR count). The van der Waals surface area contributed by atoms with E-state index in [2.05, 4.69) is 9.72 Å². The Morgan fingerprint density at radius 3 is 2.72 bits per heavy atom. The van der Waals surface area contributed by atoms with E-state index in [4.69, 9.17) is 5.11 Å². The normalized spacial score (nSPS) is 10.7. The zero-order valence-electron chi connectivity index (χ0n) is 9.28. The number of rotatable bonds is 5. The van der Waals surface area contributed by atoms with E-state index in [-0.39, 0.29) is 5.69 Å². The van der Waals surface area contributed by atoms with E-state index in [1.54, 1.807) is 0 Å². The highest BCUT2D eigenvalue weighted by atomic mass is 32.2. The number of ether oxygens (including phenoxy) is 1. The molecule has 0 spiro atoms. The van der Waals surface area contributed by atoms with Gasteiger partial charge in [0.05, 0.1) is 12.8 Å². The summed E-state index contributed by atoms with van der Waals surface area (Å²) in [4.78, 5) is 25.2. The van der Waals surface area contributed by atoms with Crippen LogP contribution < -0.4 is 4.72 Å². The van der Waals surface area contributed by atoms with Gasteiger partial charge in [0.2, 0.25) is 10.0 Å². The summed E-state index contributed by atoms with van der Waals surface area (Å²) in [6.07, 6.45) is 1.21. The molecule has 0 bridgehead atoms. The number of carboxylic acids is 1. The Kier molecular flexibility index (Phi) is 4.21. The Labute approximate surface area is 103 Å². The predicted molar refractivity (Wildman–Crippen MR) is 60.6 cm³/mol. The van der Waals surface area contributed by atoms with Gasteiger partial charge in [-0.25, -0.2) is 18.2 Å². The fraction of sp³-hybridized carbons (Fsp3) is 0.222.